The Morgan fingerprint density at radius 3 is 2.74 bits per heavy atom. The van der Waals surface area contributed by atoms with Crippen LogP contribution in [-0.4, -0.2) is 49.7 Å². The van der Waals surface area contributed by atoms with Gasteiger partial charge in [-0.1, -0.05) is 17.7 Å². The number of carbonyl (C=O) groups is 2. The van der Waals surface area contributed by atoms with Crippen LogP contribution in [0, 0.1) is 12.8 Å². The van der Waals surface area contributed by atoms with Gasteiger partial charge in [0, 0.05) is 19.6 Å². The molecule has 0 aliphatic carbocycles. The van der Waals surface area contributed by atoms with Crippen LogP contribution in [0.2, 0.25) is 5.02 Å². The summed E-state index contributed by atoms with van der Waals surface area (Å²) in [5.41, 5.74) is 4.53. The van der Waals surface area contributed by atoms with Crippen molar-refractivity contribution in [3.8, 4) is 0 Å². The molecule has 0 bridgehead atoms. The van der Waals surface area contributed by atoms with E-state index in [0.717, 1.165) is 5.56 Å². The average molecular weight is 338 g/mol. The maximum atomic E-state index is 12.6. The molecule has 2 fully saturated rings. The number of nitrogens with one attached hydrogen (secondary N) is 1. The molecule has 1 atom stereocenters. The third kappa shape index (κ3) is 3.49. The minimum Gasteiger partial charge on any atom is -0.379 e. The lowest BCUT2D eigenvalue weighted by molar-refractivity contribution is -0.137. The number of hydrogen-bond donors (Lipinski definition) is 1. The van der Waals surface area contributed by atoms with E-state index >= 15 is 0 Å². The van der Waals surface area contributed by atoms with Crippen LogP contribution in [0.1, 0.15) is 12.0 Å². The fraction of sp³-hybridized carbons (Fsp3) is 0.500. The van der Waals surface area contributed by atoms with Crippen molar-refractivity contribution in [3.05, 3.63) is 28.8 Å². The summed E-state index contributed by atoms with van der Waals surface area (Å²) in [5, 5.41) is 2.34. The molecule has 1 aromatic carbocycles. The van der Waals surface area contributed by atoms with Gasteiger partial charge in [-0.3, -0.25) is 15.0 Å². The van der Waals surface area contributed by atoms with Crippen LogP contribution in [0.15, 0.2) is 18.2 Å². The van der Waals surface area contributed by atoms with Crippen molar-refractivity contribution in [2.24, 2.45) is 5.92 Å². The maximum Gasteiger partial charge on any atom is 0.246 e. The quantitative estimate of drug-likeness (QED) is 0.846. The van der Waals surface area contributed by atoms with Gasteiger partial charge in [0.25, 0.3) is 0 Å². The van der Waals surface area contributed by atoms with Gasteiger partial charge < -0.3 is 9.64 Å². The molecule has 1 N–H and O–H groups in total. The first-order valence-electron chi connectivity index (χ1n) is 7.77. The molecule has 0 radical (unpaired) electrons. The third-order valence-electron chi connectivity index (χ3n) is 4.20. The van der Waals surface area contributed by atoms with Crippen molar-refractivity contribution in [2.75, 3.05) is 37.7 Å². The fourth-order valence-corrected chi connectivity index (χ4v) is 3.24. The summed E-state index contributed by atoms with van der Waals surface area (Å²) in [5.74, 6) is -1.10. The highest BCUT2D eigenvalue weighted by atomic mass is 35.5. The van der Waals surface area contributed by atoms with Crippen LogP contribution < -0.4 is 10.3 Å². The minimum atomic E-state index is -0.657. The first-order valence-corrected chi connectivity index (χ1v) is 8.15. The van der Waals surface area contributed by atoms with Gasteiger partial charge in [0.1, 0.15) is 5.92 Å². The molecule has 23 heavy (non-hydrogen) atoms. The summed E-state index contributed by atoms with van der Waals surface area (Å²) in [7, 11) is 0. The Bertz CT molecular complexity index is 617. The van der Waals surface area contributed by atoms with Gasteiger partial charge >= 0.3 is 0 Å². The molecule has 124 valence electrons. The molecule has 0 spiro atoms. The van der Waals surface area contributed by atoms with E-state index in [4.69, 9.17) is 16.3 Å². The standard InChI is InChI=1S/C16H20ClN3O3/c1-11-2-3-14(13(17)10-11)20-5-4-12(16(20)22)15(21)18-19-6-8-23-9-7-19/h2-3,10,12H,4-9H2,1H3,(H,18,21). The maximum absolute atomic E-state index is 12.6. The van der Waals surface area contributed by atoms with Gasteiger partial charge in [0.05, 0.1) is 23.9 Å². The minimum absolute atomic E-state index is 0.193. The first-order chi connectivity index (χ1) is 11.1. The summed E-state index contributed by atoms with van der Waals surface area (Å²) in [6.07, 6.45) is 0.499. The Balaban J connectivity index is 1.67. The van der Waals surface area contributed by atoms with E-state index in [1.165, 1.54) is 0 Å². The zero-order valence-electron chi connectivity index (χ0n) is 13.0. The molecule has 1 unspecified atom stereocenters. The lowest BCUT2D eigenvalue weighted by Crippen LogP contribution is -2.51. The highest BCUT2D eigenvalue weighted by Crippen LogP contribution is 2.32. The molecule has 2 saturated heterocycles. The monoisotopic (exact) mass is 337 g/mol. The van der Waals surface area contributed by atoms with Crippen molar-refractivity contribution in [3.63, 3.8) is 0 Å². The fourth-order valence-electron chi connectivity index (χ4n) is 2.90. The number of hydrazine groups is 1. The Morgan fingerprint density at radius 1 is 1.30 bits per heavy atom. The predicted molar refractivity (Wildman–Crippen MR) is 87.2 cm³/mol. The van der Waals surface area contributed by atoms with Crippen molar-refractivity contribution < 1.29 is 14.3 Å². The Hall–Kier alpha value is -1.63. The molecule has 0 saturated carbocycles. The second kappa shape index (κ2) is 6.86. The largest absolute Gasteiger partial charge is 0.379 e. The summed E-state index contributed by atoms with van der Waals surface area (Å²) in [6, 6.07) is 5.57. The number of halogens is 1. The number of amides is 2. The van der Waals surface area contributed by atoms with Crippen molar-refractivity contribution in [2.45, 2.75) is 13.3 Å². The van der Waals surface area contributed by atoms with Crippen LogP contribution in [0.25, 0.3) is 0 Å². The number of benzene rings is 1. The van der Waals surface area contributed by atoms with Crippen molar-refractivity contribution >= 4 is 29.1 Å². The van der Waals surface area contributed by atoms with Gasteiger partial charge in [-0.15, -0.1) is 0 Å². The zero-order chi connectivity index (χ0) is 16.4. The van der Waals surface area contributed by atoms with E-state index in [1.54, 1.807) is 9.91 Å². The third-order valence-corrected chi connectivity index (χ3v) is 4.50. The summed E-state index contributed by atoms with van der Waals surface area (Å²) in [6.45, 7) is 4.90. The second-order valence-electron chi connectivity index (χ2n) is 5.86. The second-order valence-corrected chi connectivity index (χ2v) is 6.27. The van der Waals surface area contributed by atoms with Crippen LogP contribution in [0.3, 0.4) is 0 Å². The summed E-state index contributed by atoms with van der Waals surface area (Å²) >= 11 is 6.24. The van der Waals surface area contributed by atoms with Gasteiger partial charge in [-0.05, 0) is 31.0 Å². The van der Waals surface area contributed by atoms with E-state index in [9.17, 15) is 9.59 Å². The topological polar surface area (TPSA) is 61.9 Å². The van der Waals surface area contributed by atoms with E-state index in [0.29, 0.717) is 50.0 Å². The molecule has 7 heteroatoms. The molecule has 2 heterocycles. The molecular formula is C16H20ClN3O3. The number of nitrogens with zero attached hydrogens (tertiary/aromatic N) is 2. The van der Waals surface area contributed by atoms with Crippen LogP contribution in [0.5, 0.6) is 0 Å². The number of anilines is 1. The molecule has 2 aliphatic heterocycles. The number of ether oxygens (including phenoxy) is 1. The predicted octanol–water partition coefficient (Wildman–Crippen LogP) is 1.36. The number of morpholine rings is 1. The highest BCUT2D eigenvalue weighted by Gasteiger charge is 2.38. The molecule has 3 rings (SSSR count). The Morgan fingerprint density at radius 2 is 2.04 bits per heavy atom. The summed E-state index contributed by atoms with van der Waals surface area (Å²) in [4.78, 5) is 26.6. The van der Waals surface area contributed by atoms with Crippen molar-refractivity contribution in [1.29, 1.82) is 0 Å². The van der Waals surface area contributed by atoms with Crippen LogP contribution in [0.4, 0.5) is 5.69 Å². The zero-order valence-corrected chi connectivity index (χ0v) is 13.8. The van der Waals surface area contributed by atoms with E-state index in [1.807, 2.05) is 25.1 Å². The first kappa shape index (κ1) is 16.2. The van der Waals surface area contributed by atoms with E-state index in [2.05, 4.69) is 5.43 Å². The Kier molecular flexibility index (Phi) is 4.84. The van der Waals surface area contributed by atoms with Gasteiger partial charge in [-0.2, -0.15) is 0 Å². The number of carbonyl (C=O) groups excluding carboxylic acids is 2. The van der Waals surface area contributed by atoms with Crippen molar-refractivity contribution in [1.82, 2.24) is 10.4 Å². The SMILES string of the molecule is Cc1ccc(N2CCC(C(=O)NN3CCOCC3)C2=O)c(Cl)c1. The normalized spacial score (nSPS) is 22.4. The summed E-state index contributed by atoms with van der Waals surface area (Å²) < 4.78 is 5.24. The van der Waals surface area contributed by atoms with Crippen LogP contribution in [-0.2, 0) is 14.3 Å². The lowest BCUT2D eigenvalue weighted by Gasteiger charge is -2.27. The lowest BCUT2D eigenvalue weighted by atomic mass is 10.1. The molecule has 2 amide bonds. The number of hydrogen-bond acceptors (Lipinski definition) is 4. The van der Waals surface area contributed by atoms with E-state index < -0.39 is 5.92 Å². The molecule has 6 nitrogen and oxygen atoms in total. The van der Waals surface area contributed by atoms with E-state index in [-0.39, 0.29) is 11.8 Å². The molecule has 2 aliphatic rings. The molecule has 0 aromatic heterocycles. The average Bonchev–Trinajstić information content (AvgIpc) is 2.90. The molecular weight excluding hydrogens is 318 g/mol. The smallest absolute Gasteiger partial charge is 0.246 e. The Labute approximate surface area is 140 Å². The van der Waals surface area contributed by atoms with Gasteiger partial charge in [-0.25, -0.2) is 5.01 Å². The number of rotatable bonds is 3. The number of aryl methyl sites for hydroxylation is 1. The highest BCUT2D eigenvalue weighted by molar-refractivity contribution is 6.34. The molecule has 1 aromatic rings. The van der Waals surface area contributed by atoms with Gasteiger partial charge in [0.2, 0.25) is 11.8 Å². The van der Waals surface area contributed by atoms with Crippen LogP contribution >= 0.6 is 11.6 Å². The van der Waals surface area contributed by atoms with Gasteiger partial charge in [0.15, 0.2) is 0 Å².